The molecule has 5 heteroatoms. The van der Waals surface area contributed by atoms with Crippen molar-refractivity contribution in [2.24, 2.45) is 0 Å². The molecule has 16 heavy (non-hydrogen) atoms. The zero-order valence-electron chi connectivity index (χ0n) is 9.16. The second kappa shape index (κ2) is 5.75. The number of nitrogens with one attached hydrogen (secondary N) is 1. The van der Waals surface area contributed by atoms with E-state index in [4.69, 9.17) is 9.84 Å². The number of carbonyl (C=O) groups is 1. The smallest absolute Gasteiger partial charge is 0.326 e. The van der Waals surface area contributed by atoms with Crippen LogP contribution in [-0.2, 0) is 4.79 Å². The number of aliphatic carboxylic acids is 1. The quantitative estimate of drug-likeness (QED) is 0.874. The number of hydrogen-bond donors (Lipinski definition) is 2. The van der Waals surface area contributed by atoms with Crippen LogP contribution in [0.4, 0.5) is 5.69 Å². The molecule has 0 saturated carbocycles. The molecule has 0 fully saturated rings. The Bertz CT molecular complexity index is 381. The van der Waals surface area contributed by atoms with Crippen LogP contribution in [0.5, 0.6) is 5.75 Å². The molecule has 4 nitrogen and oxygen atoms in total. The van der Waals surface area contributed by atoms with E-state index in [1.54, 1.807) is 19.2 Å². The Hall–Kier alpha value is -1.23. The molecule has 1 aromatic carbocycles. The van der Waals surface area contributed by atoms with Crippen LogP contribution in [0.1, 0.15) is 13.3 Å². The fraction of sp³-hybridized carbons (Fsp3) is 0.364. The molecule has 0 spiro atoms. The van der Waals surface area contributed by atoms with Gasteiger partial charge in [0.15, 0.2) is 0 Å². The normalized spacial score (nSPS) is 11.9. The second-order valence-corrected chi connectivity index (χ2v) is 4.14. The number of carboxylic acid groups (broad SMARTS) is 1. The minimum absolute atomic E-state index is 0.513. The number of benzene rings is 1. The molecule has 1 aromatic rings. The first-order valence-corrected chi connectivity index (χ1v) is 5.70. The summed E-state index contributed by atoms with van der Waals surface area (Å²) in [5, 5.41) is 11.9. The molecule has 88 valence electrons. The van der Waals surface area contributed by atoms with Gasteiger partial charge in [0.25, 0.3) is 0 Å². The van der Waals surface area contributed by atoms with Crippen molar-refractivity contribution in [3.05, 3.63) is 22.7 Å². The maximum absolute atomic E-state index is 10.9. The van der Waals surface area contributed by atoms with E-state index in [9.17, 15) is 4.79 Å². The Morgan fingerprint density at radius 3 is 2.81 bits per heavy atom. The van der Waals surface area contributed by atoms with Gasteiger partial charge in [-0.2, -0.15) is 0 Å². The van der Waals surface area contributed by atoms with Crippen molar-refractivity contribution in [1.29, 1.82) is 0 Å². The van der Waals surface area contributed by atoms with Gasteiger partial charge in [-0.3, -0.25) is 0 Å². The van der Waals surface area contributed by atoms with E-state index in [-0.39, 0.29) is 0 Å². The van der Waals surface area contributed by atoms with Crippen LogP contribution in [0, 0.1) is 0 Å². The average molecular weight is 288 g/mol. The van der Waals surface area contributed by atoms with Gasteiger partial charge in [0.2, 0.25) is 0 Å². The summed E-state index contributed by atoms with van der Waals surface area (Å²) in [5.74, 6) is -0.178. The number of halogens is 1. The first-order chi connectivity index (χ1) is 7.58. The van der Waals surface area contributed by atoms with Gasteiger partial charge in [-0.15, -0.1) is 0 Å². The summed E-state index contributed by atoms with van der Waals surface area (Å²) in [6, 6.07) is 4.78. The lowest BCUT2D eigenvalue weighted by Gasteiger charge is -2.15. The van der Waals surface area contributed by atoms with Crippen LogP contribution in [0.3, 0.4) is 0 Å². The van der Waals surface area contributed by atoms with E-state index < -0.39 is 12.0 Å². The van der Waals surface area contributed by atoms with Gasteiger partial charge in [0.05, 0.1) is 12.8 Å². The molecule has 0 radical (unpaired) electrons. The molecule has 0 bridgehead atoms. The Morgan fingerprint density at radius 1 is 1.62 bits per heavy atom. The van der Waals surface area contributed by atoms with Crippen molar-refractivity contribution in [3.63, 3.8) is 0 Å². The summed E-state index contributed by atoms with van der Waals surface area (Å²) in [6.07, 6.45) is 0.513. The zero-order valence-corrected chi connectivity index (χ0v) is 10.7. The van der Waals surface area contributed by atoms with Gasteiger partial charge in [-0.1, -0.05) is 6.92 Å². The van der Waals surface area contributed by atoms with Crippen LogP contribution in [0.15, 0.2) is 22.7 Å². The number of rotatable bonds is 5. The highest BCUT2D eigenvalue weighted by Gasteiger charge is 2.15. The number of carboxylic acids is 1. The topological polar surface area (TPSA) is 58.6 Å². The van der Waals surface area contributed by atoms with E-state index in [2.05, 4.69) is 21.2 Å². The average Bonchev–Trinajstić information content (AvgIpc) is 2.27. The van der Waals surface area contributed by atoms with Crippen molar-refractivity contribution < 1.29 is 14.6 Å². The fourth-order valence-electron chi connectivity index (χ4n) is 1.27. The Morgan fingerprint density at radius 2 is 2.31 bits per heavy atom. The number of anilines is 1. The monoisotopic (exact) mass is 287 g/mol. The fourth-order valence-corrected chi connectivity index (χ4v) is 1.63. The van der Waals surface area contributed by atoms with E-state index in [0.717, 1.165) is 4.47 Å². The third-order valence-electron chi connectivity index (χ3n) is 2.21. The summed E-state index contributed by atoms with van der Waals surface area (Å²) in [5.41, 5.74) is 0.716. The Kier molecular flexibility index (Phi) is 4.61. The van der Waals surface area contributed by atoms with Crippen LogP contribution in [-0.4, -0.2) is 24.2 Å². The van der Waals surface area contributed by atoms with Crippen molar-refractivity contribution in [2.45, 2.75) is 19.4 Å². The van der Waals surface area contributed by atoms with Crippen molar-refractivity contribution >= 4 is 27.6 Å². The van der Waals surface area contributed by atoms with Gasteiger partial charge >= 0.3 is 5.97 Å². The first kappa shape index (κ1) is 12.8. The lowest BCUT2D eigenvalue weighted by molar-refractivity contribution is -0.137. The number of methoxy groups -OCH3 is 1. The molecule has 0 aromatic heterocycles. The maximum Gasteiger partial charge on any atom is 0.326 e. The molecule has 0 aliphatic rings. The molecule has 1 rings (SSSR count). The number of hydrogen-bond acceptors (Lipinski definition) is 3. The molecule has 0 heterocycles. The Labute approximate surface area is 103 Å². The largest absolute Gasteiger partial charge is 0.497 e. The second-order valence-electron chi connectivity index (χ2n) is 3.29. The maximum atomic E-state index is 10.9. The minimum Gasteiger partial charge on any atom is -0.497 e. The van der Waals surface area contributed by atoms with E-state index >= 15 is 0 Å². The molecule has 0 aliphatic heterocycles. The predicted octanol–water partition coefficient (Wildman–Crippen LogP) is 2.73. The molecule has 2 N–H and O–H groups in total. The molecule has 0 aliphatic carbocycles. The molecule has 1 atom stereocenters. The minimum atomic E-state index is -0.864. The standard InChI is InChI=1S/C11H14BrNO3/c1-3-9(11(14)15)13-10-6-7(16-2)4-5-8(10)12/h4-6,9,13H,3H2,1-2H3,(H,14,15). The van der Waals surface area contributed by atoms with Crippen molar-refractivity contribution in [1.82, 2.24) is 0 Å². The third-order valence-corrected chi connectivity index (χ3v) is 2.90. The summed E-state index contributed by atoms with van der Waals surface area (Å²) < 4.78 is 5.89. The van der Waals surface area contributed by atoms with Crippen LogP contribution in [0.2, 0.25) is 0 Å². The summed E-state index contributed by atoms with van der Waals surface area (Å²) in [4.78, 5) is 10.9. The summed E-state index contributed by atoms with van der Waals surface area (Å²) in [6.45, 7) is 1.82. The van der Waals surface area contributed by atoms with E-state index in [1.165, 1.54) is 0 Å². The highest BCUT2D eigenvalue weighted by atomic mass is 79.9. The van der Waals surface area contributed by atoms with Crippen LogP contribution < -0.4 is 10.1 Å². The SMILES string of the molecule is CCC(Nc1cc(OC)ccc1Br)C(=O)O. The third kappa shape index (κ3) is 3.13. The molecule has 0 saturated heterocycles. The van der Waals surface area contributed by atoms with Crippen molar-refractivity contribution in [3.8, 4) is 5.75 Å². The lowest BCUT2D eigenvalue weighted by atomic mass is 10.2. The van der Waals surface area contributed by atoms with Crippen LogP contribution in [0.25, 0.3) is 0 Å². The molecular weight excluding hydrogens is 274 g/mol. The van der Waals surface area contributed by atoms with Crippen LogP contribution >= 0.6 is 15.9 Å². The highest BCUT2D eigenvalue weighted by Crippen LogP contribution is 2.27. The first-order valence-electron chi connectivity index (χ1n) is 4.91. The summed E-state index contributed by atoms with van der Waals surface area (Å²) >= 11 is 3.36. The van der Waals surface area contributed by atoms with E-state index in [0.29, 0.717) is 17.9 Å². The summed E-state index contributed by atoms with van der Waals surface area (Å²) in [7, 11) is 1.57. The molecule has 1 unspecified atom stereocenters. The Balaban J connectivity index is 2.90. The highest BCUT2D eigenvalue weighted by molar-refractivity contribution is 9.10. The predicted molar refractivity (Wildman–Crippen MR) is 66.0 cm³/mol. The van der Waals surface area contributed by atoms with E-state index in [1.807, 2.05) is 13.0 Å². The number of ether oxygens (including phenoxy) is 1. The molecular formula is C11H14BrNO3. The lowest BCUT2D eigenvalue weighted by Crippen LogP contribution is -2.28. The van der Waals surface area contributed by atoms with Gasteiger partial charge in [-0.25, -0.2) is 4.79 Å². The van der Waals surface area contributed by atoms with Gasteiger partial charge in [-0.05, 0) is 34.5 Å². The van der Waals surface area contributed by atoms with Gasteiger partial charge in [0, 0.05) is 10.5 Å². The molecule has 0 amide bonds. The van der Waals surface area contributed by atoms with Gasteiger partial charge in [0.1, 0.15) is 11.8 Å². The zero-order chi connectivity index (χ0) is 12.1. The van der Waals surface area contributed by atoms with Gasteiger partial charge < -0.3 is 15.2 Å². The van der Waals surface area contributed by atoms with Crippen molar-refractivity contribution in [2.75, 3.05) is 12.4 Å².